The first kappa shape index (κ1) is 25.0. The maximum absolute atomic E-state index is 14.1. The van der Waals surface area contributed by atoms with E-state index in [4.69, 9.17) is 9.47 Å². The molecule has 0 bridgehead atoms. The highest BCUT2D eigenvalue weighted by Gasteiger charge is 2.62. The molecule has 1 N–H and O–H groups in total. The van der Waals surface area contributed by atoms with Crippen LogP contribution in [0.5, 0.6) is 0 Å². The van der Waals surface area contributed by atoms with Crippen molar-refractivity contribution in [2.45, 2.75) is 70.6 Å². The van der Waals surface area contributed by atoms with Gasteiger partial charge < -0.3 is 24.6 Å². The predicted molar refractivity (Wildman–Crippen MR) is 132 cm³/mol. The zero-order valence-electron chi connectivity index (χ0n) is 21.6. The molecular formula is C27H38N4O5. The molecule has 5 unspecified atom stereocenters. The van der Waals surface area contributed by atoms with E-state index >= 15 is 0 Å². The van der Waals surface area contributed by atoms with Crippen LogP contribution in [0.3, 0.4) is 0 Å². The van der Waals surface area contributed by atoms with E-state index in [1.165, 1.54) is 0 Å². The van der Waals surface area contributed by atoms with E-state index in [0.717, 1.165) is 25.0 Å². The average molecular weight is 499 g/mol. The molecule has 0 radical (unpaired) electrons. The molecule has 3 aliphatic heterocycles. The van der Waals surface area contributed by atoms with Crippen LogP contribution in [0, 0.1) is 17.3 Å². The molecule has 3 saturated heterocycles. The molecule has 1 saturated carbocycles. The fraction of sp³-hybridized carbons (Fsp3) is 0.704. The van der Waals surface area contributed by atoms with E-state index in [0.29, 0.717) is 45.6 Å². The summed E-state index contributed by atoms with van der Waals surface area (Å²) >= 11 is 0. The maximum atomic E-state index is 14.1. The number of hydrogen-bond acceptors (Lipinski definition) is 6. The van der Waals surface area contributed by atoms with Gasteiger partial charge >= 0.3 is 6.09 Å². The van der Waals surface area contributed by atoms with Crippen molar-refractivity contribution in [3.8, 4) is 0 Å². The number of rotatable bonds is 5. The first-order chi connectivity index (χ1) is 17.2. The van der Waals surface area contributed by atoms with E-state index in [2.05, 4.69) is 10.3 Å². The molecule has 3 amide bonds. The Morgan fingerprint density at radius 3 is 2.75 bits per heavy atom. The number of carbonyl (C=O) groups excluding carboxylic acids is 3. The fourth-order valence-electron chi connectivity index (χ4n) is 6.32. The normalized spacial score (nSPS) is 31.3. The highest BCUT2D eigenvalue weighted by Crippen LogP contribution is 2.54. The van der Waals surface area contributed by atoms with Gasteiger partial charge in [-0.3, -0.25) is 14.6 Å². The lowest BCUT2D eigenvalue weighted by Crippen LogP contribution is -2.61. The van der Waals surface area contributed by atoms with Gasteiger partial charge in [0.2, 0.25) is 11.8 Å². The molecule has 36 heavy (non-hydrogen) atoms. The number of ether oxygens (including phenoxy) is 2. The predicted octanol–water partition coefficient (Wildman–Crippen LogP) is 2.39. The molecule has 9 heteroatoms. The second-order valence-electron chi connectivity index (χ2n) is 11.8. The van der Waals surface area contributed by atoms with Gasteiger partial charge in [-0.25, -0.2) is 4.79 Å². The van der Waals surface area contributed by atoms with Crippen molar-refractivity contribution in [3.05, 3.63) is 30.1 Å². The third-order valence-corrected chi connectivity index (χ3v) is 8.26. The number of nitrogens with zero attached hydrogens (tertiary/aromatic N) is 3. The van der Waals surface area contributed by atoms with Gasteiger partial charge in [-0.05, 0) is 64.5 Å². The summed E-state index contributed by atoms with van der Waals surface area (Å²) in [5, 5.41) is 3.04. The number of carbonyl (C=O) groups is 3. The third-order valence-electron chi connectivity index (χ3n) is 8.26. The zero-order chi connectivity index (χ0) is 25.5. The van der Waals surface area contributed by atoms with Crippen LogP contribution in [0.15, 0.2) is 24.4 Å². The third kappa shape index (κ3) is 4.82. The summed E-state index contributed by atoms with van der Waals surface area (Å²) in [6.07, 6.45) is 5.06. The van der Waals surface area contributed by atoms with E-state index < -0.39 is 11.0 Å². The molecule has 9 nitrogen and oxygen atoms in total. The molecule has 4 aliphatic rings. The molecule has 5 atom stereocenters. The molecule has 0 aromatic carbocycles. The van der Waals surface area contributed by atoms with Gasteiger partial charge in [-0.15, -0.1) is 0 Å². The topological polar surface area (TPSA) is 101 Å². The minimum absolute atomic E-state index is 0.00118. The van der Waals surface area contributed by atoms with E-state index in [1.807, 2.05) is 43.9 Å². The number of piperidine rings is 1. The molecular weight excluding hydrogens is 460 g/mol. The van der Waals surface area contributed by atoms with Crippen molar-refractivity contribution in [3.63, 3.8) is 0 Å². The Morgan fingerprint density at radius 2 is 2.06 bits per heavy atom. The average Bonchev–Trinajstić information content (AvgIpc) is 3.40. The van der Waals surface area contributed by atoms with Gasteiger partial charge in [0.1, 0.15) is 5.60 Å². The standard InChI is InChI=1S/C27H38N4O5/c1-26(2,3)36-25(34)30-16-19-7-10-27(19,17-30)24(33)31-15-18(14-22-21(31)9-13-35-22)23(32)29-12-8-20-6-4-5-11-28-20/h4-6,11,18-19,21-22H,7-10,12-17H2,1-3H3,(H,29,32). The summed E-state index contributed by atoms with van der Waals surface area (Å²) in [6.45, 7) is 8.01. The van der Waals surface area contributed by atoms with Crippen molar-refractivity contribution < 1.29 is 23.9 Å². The Kier molecular flexibility index (Phi) is 6.70. The van der Waals surface area contributed by atoms with Crippen LogP contribution in [-0.2, 0) is 25.5 Å². The van der Waals surface area contributed by atoms with Crippen LogP contribution >= 0.6 is 0 Å². The number of hydrogen-bond donors (Lipinski definition) is 1. The molecule has 5 rings (SSSR count). The second-order valence-corrected chi connectivity index (χ2v) is 11.8. The number of likely N-dealkylation sites (tertiary alicyclic amines) is 2. The van der Waals surface area contributed by atoms with Gasteiger partial charge in [0.05, 0.1) is 23.5 Å². The van der Waals surface area contributed by atoms with Crippen molar-refractivity contribution in [1.29, 1.82) is 0 Å². The Labute approximate surface area is 212 Å². The molecule has 196 valence electrons. The summed E-state index contributed by atoms with van der Waals surface area (Å²) < 4.78 is 11.6. The Balaban J connectivity index is 1.25. The molecule has 0 spiro atoms. The van der Waals surface area contributed by atoms with Crippen molar-refractivity contribution in [1.82, 2.24) is 20.1 Å². The summed E-state index contributed by atoms with van der Waals surface area (Å²) in [4.78, 5) is 47.9. The van der Waals surface area contributed by atoms with Gasteiger partial charge in [-0.2, -0.15) is 0 Å². The molecule has 1 aromatic heterocycles. The van der Waals surface area contributed by atoms with Gasteiger partial charge in [0.15, 0.2) is 0 Å². The lowest BCUT2D eigenvalue weighted by molar-refractivity contribution is -0.158. The quantitative estimate of drug-likeness (QED) is 0.669. The summed E-state index contributed by atoms with van der Waals surface area (Å²) in [5.74, 6) is -0.125. The van der Waals surface area contributed by atoms with Gasteiger partial charge in [-0.1, -0.05) is 6.07 Å². The van der Waals surface area contributed by atoms with Gasteiger partial charge in [0, 0.05) is 51.1 Å². The monoisotopic (exact) mass is 498 g/mol. The molecule has 1 aliphatic carbocycles. The van der Waals surface area contributed by atoms with Crippen LogP contribution in [0.4, 0.5) is 4.79 Å². The number of aromatic nitrogens is 1. The minimum atomic E-state index is -0.575. The fourth-order valence-corrected chi connectivity index (χ4v) is 6.32. The number of fused-ring (bicyclic) bond motifs is 2. The van der Waals surface area contributed by atoms with Crippen LogP contribution in [0.2, 0.25) is 0 Å². The summed E-state index contributed by atoms with van der Waals surface area (Å²) in [7, 11) is 0. The van der Waals surface area contributed by atoms with E-state index in [-0.39, 0.29) is 41.9 Å². The van der Waals surface area contributed by atoms with Crippen LogP contribution in [0.25, 0.3) is 0 Å². The maximum Gasteiger partial charge on any atom is 0.410 e. The first-order valence-electron chi connectivity index (χ1n) is 13.2. The highest BCUT2D eigenvalue weighted by atomic mass is 16.6. The zero-order valence-corrected chi connectivity index (χ0v) is 21.6. The van der Waals surface area contributed by atoms with Gasteiger partial charge in [0.25, 0.3) is 0 Å². The molecule has 4 fully saturated rings. The Hall–Kier alpha value is -2.68. The molecule has 1 aromatic rings. The van der Waals surface area contributed by atoms with Crippen molar-refractivity contribution >= 4 is 17.9 Å². The van der Waals surface area contributed by atoms with Crippen LogP contribution in [0.1, 0.15) is 52.1 Å². The SMILES string of the molecule is CC(C)(C)OC(=O)N1CC2CCC2(C(=O)N2CC(C(=O)NCCc3ccccn3)CC3OCCC32)C1. The molecule has 4 heterocycles. The number of nitrogens with one attached hydrogen (secondary N) is 1. The van der Waals surface area contributed by atoms with Crippen LogP contribution in [-0.4, -0.2) is 83.2 Å². The first-order valence-corrected chi connectivity index (χ1v) is 13.2. The van der Waals surface area contributed by atoms with E-state index in [9.17, 15) is 14.4 Å². The second kappa shape index (κ2) is 9.65. The van der Waals surface area contributed by atoms with Crippen molar-refractivity contribution in [2.24, 2.45) is 17.3 Å². The number of pyridine rings is 1. The largest absolute Gasteiger partial charge is 0.444 e. The highest BCUT2D eigenvalue weighted by molar-refractivity contribution is 5.88. The lowest BCUT2D eigenvalue weighted by Gasteiger charge is -2.49. The van der Waals surface area contributed by atoms with E-state index in [1.54, 1.807) is 11.1 Å². The Bertz CT molecular complexity index is 996. The minimum Gasteiger partial charge on any atom is -0.444 e. The number of amides is 3. The summed E-state index contributed by atoms with van der Waals surface area (Å²) in [5.41, 5.74) is -0.209. The van der Waals surface area contributed by atoms with Crippen LogP contribution < -0.4 is 5.32 Å². The lowest BCUT2D eigenvalue weighted by atomic mass is 9.61. The summed E-state index contributed by atoms with van der Waals surface area (Å²) in [6, 6.07) is 5.76. The van der Waals surface area contributed by atoms with Crippen molar-refractivity contribution in [2.75, 3.05) is 32.8 Å². The Morgan fingerprint density at radius 1 is 1.22 bits per heavy atom. The smallest absolute Gasteiger partial charge is 0.410 e.